The van der Waals surface area contributed by atoms with Crippen molar-refractivity contribution >= 4 is 37.4 Å². The third-order valence-electron chi connectivity index (χ3n) is 9.68. The van der Waals surface area contributed by atoms with Gasteiger partial charge in [0.25, 0.3) is 16.6 Å². The molecule has 0 bridgehead atoms. The molecule has 1 aliphatic carbocycles. The van der Waals surface area contributed by atoms with Crippen LogP contribution in [0.15, 0.2) is 121 Å². The van der Waals surface area contributed by atoms with Gasteiger partial charge in [0.15, 0.2) is 0 Å². The number of aliphatic hydroxyl groups excluding tert-OH is 2. The zero-order valence-electron chi connectivity index (χ0n) is 28.1. The Labute approximate surface area is 277 Å². The highest BCUT2D eigenvalue weighted by atomic mass is 28.4. The molecule has 244 valence electrons. The number of hydrogen-bond acceptors (Lipinski definition) is 5. The molecular weight excluding hydrogens is 605 g/mol. The van der Waals surface area contributed by atoms with Gasteiger partial charge >= 0.3 is 0 Å². The average Bonchev–Trinajstić information content (AvgIpc) is 3.04. The quantitative estimate of drug-likeness (QED) is 0.227. The molecule has 3 N–H and O–H groups in total. The lowest BCUT2D eigenvalue weighted by molar-refractivity contribution is -0.156. The fourth-order valence-electron chi connectivity index (χ4n) is 7.53. The Hall–Kier alpha value is -2.89. The van der Waals surface area contributed by atoms with Gasteiger partial charge in [0.2, 0.25) is 0 Å². The van der Waals surface area contributed by atoms with Crippen molar-refractivity contribution in [2.45, 2.75) is 88.4 Å². The van der Waals surface area contributed by atoms with Crippen LogP contribution in [0.5, 0.6) is 0 Å². The summed E-state index contributed by atoms with van der Waals surface area (Å²) >= 11 is 0. The van der Waals surface area contributed by atoms with Gasteiger partial charge < -0.3 is 24.2 Å². The summed E-state index contributed by atoms with van der Waals surface area (Å²) in [6.07, 6.45) is -2.43. The van der Waals surface area contributed by atoms with Crippen molar-refractivity contribution in [1.82, 2.24) is 0 Å². The minimum Gasteiger partial charge on any atom is -0.402 e. The predicted octanol–water partition coefficient (Wildman–Crippen LogP) is 4.75. The molecule has 0 amide bonds. The molecule has 1 saturated carbocycles. The summed E-state index contributed by atoms with van der Waals surface area (Å²) < 4.78 is 15.2. The Balaban J connectivity index is 1.74. The van der Waals surface area contributed by atoms with Crippen LogP contribution in [0.25, 0.3) is 0 Å². The summed E-state index contributed by atoms with van der Waals surface area (Å²) in [6, 6.07) is 41.6. The van der Waals surface area contributed by atoms with E-state index in [9.17, 15) is 15.3 Å². The molecule has 0 unspecified atom stereocenters. The highest BCUT2D eigenvalue weighted by Gasteiger charge is 2.59. The van der Waals surface area contributed by atoms with Gasteiger partial charge in [0, 0.05) is 12.8 Å². The Morgan fingerprint density at radius 2 is 0.913 bits per heavy atom. The van der Waals surface area contributed by atoms with Gasteiger partial charge in [-0.25, -0.2) is 0 Å². The Morgan fingerprint density at radius 3 is 1.22 bits per heavy atom. The molecule has 0 aliphatic heterocycles. The van der Waals surface area contributed by atoms with Crippen LogP contribution in [0.3, 0.4) is 0 Å². The highest BCUT2D eigenvalue weighted by Crippen LogP contribution is 2.44. The molecule has 4 aromatic rings. The molecule has 5 rings (SSSR count). The van der Waals surface area contributed by atoms with Crippen LogP contribution < -0.4 is 20.7 Å². The fraction of sp³-hybridized carbons (Fsp3) is 0.385. The molecule has 7 heteroatoms. The third-order valence-corrected chi connectivity index (χ3v) is 19.8. The summed E-state index contributed by atoms with van der Waals surface area (Å²) in [5.74, 6) is 0. The predicted molar refractivity (Wildman–Crippen MR) is 192 cm³/mol. The van der Waals surface area contributed by atoms with Gasteiger partial charge in [-0.15, -0.1) is 0 Å². The van der Waals surface area contributed by atoms with E-state index in [1.807, 2.05) is 72.8 Å². The fourth-order valence-corrected chi connectivity index (χ4v) is 17.0. The maximum Gasteiger partial charge on any atom is 0.261 e. The van der Waals surface area contributed by atoms with Crippen LogP contribution in [0, 0.1) is 0 Å². The monoisotopic (exact) mass is 654 g/mol. The van der Waals surface area contributed by atoms with Gasteiger partial charge in [0.05, 0.1) is 30.5 Å². The summed E-state index contributed by atoms with van der Waals surface area (Å²) in [4.78, 5) is 0. The molecule has 46 heavy (non-hydrogen) atoms. The zero-order valence-corrected chi connectivity index (χ0v) is 30.1. The maximum atomic E-state index is 12.0. The topological polar surface area (TPSA) is 79.2 Å². The van der Waals surface area contributed by atoms with Crippen molar-refractivity contribution in [2.24, 2.45) is 0 Å². The largest absolute Gasteiger partial charge is 0.402 e. The SMILES string of the molecule is CC(C)(C)[Si](O[C@H]1[C@H](O)C[C@](O)(CO)C[C@H]1O[Si](c1ccccc1)(c1ccccc1)C(C)(C)C)(c1ccccc1)c1ccccc1. The Bertz CT molecular complexity index is 1460. The van der Waals surface area contributed by atoms with Gasteiger partial charge in [-0.1, -0.05) is 163 Å². The molecule has 4 atom stereocenters. The van der Waals surface area contributed by atoms with E-state index in [1.165, 1.54) is 0 Å². The summed E-state index contributed by atoms with van der Waals surface area (Å²) in [6.45, 7) is 12.8. The molecule has 5 nitrogen and oxygen atoms in total. The average molecular weight is 655 g/mol. The number of benzene rings is 4. The lowest BCUT2D eigenvalue weighted by Crippen LogP contribution is -2.73. The van der Waals surface area contributed by atoms with E-state index < -0.39 is 47.2 Å². The van der Waals surface area contributed by atoms with Crippen LogP contribution in [0.2, 0.25) is 10.1 Å². The molecule has 0 heterocycles. The number of aliphatic hydroxyl groups is 3. The van der Waals surface area contributed by atoms with E-state index >= 15 is 0 Å². The second kappa shape index (κ2) is 13.3. The normalized spacial score (nSPS) is 22.8. The first kappa shape index (κ1) is 34.4. The van der Waals surface area contributed by atoms with E-state index in [0.29, 0.717) is 0 Å². The lowest BCUT2D eigenvalue weighted by atomic mass is 9.80. The Morgan fingerprint density at radius 1 is 0.587 bits per heavy atom. The second-order valence-electron chi connectivity index (χ2n) is 14.9. The summed E-state index contributed by atoms with van der Waals surface area (Å²) in [5.41, 5.74) is -1.51. The van der Waals surface area contributed by atoms with Crippen LogP contribution in [0.4, 0.5) is 0 Å². The molecule has 0 radical (unpaired) electrons. The lowest BCUT2D eigenvalue weighted by Gasteiger charge is -2.53. The smallest absolute Gasteiger partial charge is 0.261 e. The zero-order chi connectivity index (χ0) is 33.2. The molecule has 0 spiro atoms. The highest BCUT2D eigenvalue weighted by molar-refractivity contribution is 7.00. The first-order valence-electron chi connectivity index (χ1n) is 16.4. The number of rotatable bonds is 9. The minimum atomic E-state index is -3.13. The molecule has 1 fully saturated rings. The minimum absolute atomic E-state index is 0.00697. The van der Waals surface area contributed by atoms with E-state index in [2.05, 4.69) is 90.1 Å². The van der Waals surface area contributed by atoms with Crippen molar-refractivity contribution in [3.05, 3.63) is 121 Å². The van der Waals surface area contributed by atoms with Crippen molar-refractivity contribution in [3.63, 3.8) is 0 Å². The van der Waals surface area contributed by atoms with Crippen molar-refractivity contribution in [2.75, 3.05) is 6.61 Å². The van der Waals surface area contributed by atoms with Crippen LogP contribution in [0.1, 0.15) is 54.4 Å². The molecule has 1 aliphatic rings. The molecule has 4 aromatic carbocycles. The standard InChI is InChI=1S/C39H50O5Si2/c1-37(2,3)45(30-19-11-7-12-20-30,31-21-13-8-14-22-31)43-35-28-39(42,29-40)27-34(41)36(35)44-46(38(4,5)6,32-23-15-9-16-24-32)33-25-17-10-18-26-33/h7-26,34-36,40-42H,27-29H2,1-6H3/t34-,35-,36+,39-/m1/s1. The van der Waals surface area contributed by atoms with Crippen molar-refractivity contribution in [1.29, 1.82) is 0 Å². The van der Waals surface area contributed by atoms with Crippen LogP contribution in [-0.4, -0.2) is 62.5 Å². The van der Waals surface area contributed by atoms with E-state index in [1.54, 1.807) is 0 Å². The van der Waals surface area contributed by atoms with E-state index in [0.717, 1.165) is 20.7 Å². The van der Waals surface area contributed by atoms with Gasteiger partial charge in [-0.2, -0.15) is 0 Å². The molecule has 0 aromatic heterocycles. The van der Waals surface area contributed by atoms with Crippen molar-refractivity contribution < 1.29 is 24.2 Å². The Kier molecular flexibility index (Phi) is 9.97. The third kappa shape index (κ3) is 6.34. The molecule has 0 saturated heterocycles. The van der Waals surface area contributed by atoms with Gasteiger partial charge in [-0.3, -0.25) is 0 Å². The summed E-state index contributed by atoms with van der Waals surface area (Å²) in [7, 11) is -6.26. The van der Waals surface area contributed by atoms with Crippen LogP contribution >= 0.6 is 0 Å². The first-order valence-corrected chi connectivity index (χ1v) is 20.2. The van der Waals surface area contributed by atoms with Crippen molar-refractivity contribution in [3.8, 4) is 0 Å². The molecular formula is C39H50O5Si2. The summed E-state index contributed by atoms with van der Waals surface area (Å²) in [5, 5.41) is 37.9. The van der Waals surface area contributed by atoms with E-state index in [4.69, 9.17) is 8.85 Å². The maximum absolute atomic E-state index is 12.0. The van der Waals surface area contributed by atoms with Crippen LogP contribution in [-0.2, 0) is 8.85 Å². The second-order valence-corrected chi connectivity index (χ2v) is 23.4. The first-order chi connectivity index (χ1) is 21.8. The van der Waals surface area contributed by atoms with E-state index in [-0.39, 0.29) is 22.9 Å². The van der Waals surface area contributed by atoms with Gasteiger partial charge in [0.1, 0.15) is 0 Å². The van der Waals surface area contributed by atoms with Gasteiger partial charge in [-0.05, 0) is 30.8 Å². The number of hydrogen-bond donors (Lipinski definition) is 3.